The number of nitrogens with zero attached hydrogens (tertiary/aromatic N) is 4. The molecule has 0 bridgehead atoms. The van der Waals surface area contributed by atoms with Crippen LogP contribution in [-0.4, -0.2) is 26.0 Å². The van der Waals surface area contributed by atoms with Crippen LogP contribution in [0.2, 0.25) is 0 Å². The maximum Gasteiger partial charge on any atom is 0.269 e. The Morgan fingerprint density at radius 2 is 1.73 bits per heavy atom. The molecule has 7 nitrogen and oxygen atoms in total. The Hall–Kier alpha value is -3.35. The minimum Gasteiger partial charge on any atom is -0.294 e. The summed E-state index contributed by atoms with van der Waals surface area (Å²) in [5.41, 5.74) is 1.29. The maximum absolute atomic E-state index is 11.2. The van der Waals surface area contributed by atoms with Gasteiger partial charge in [0.05, 0.1) is 10.6 Å². The lowest BCUT2D eigenvalue weighted by Gasteiger charge is -2.01. The van der Waals surface area contributed by atoms with Crippen LogP contribution >= 0.6 is 0 Å². The number of aromatic nitrogens is 3. The minimum atomic E-state index is -0.485. The summed E-state index contributed by atoms with van der Waals surface area (Å²) in [6.45, 7) is 0. The lowest BCUT2D eigenvalue weighted by molar-refractivity contribution is -0.384. The van der Waals surface area contributed by atoms with Gasteiger partial charge in [-0.05, 0) is 12.1 Å². The molecule has 0 aliphatic rings. The number of rotatable bonds is 4. The maximum atomic E-state index is 11.2. The first-order chi connectivity index (χ1) is 10.7. The van der Waals surface area contributed by atoms with Gasteiger partial charge in [0, 0.05) is 17.7 Å². The third kappa shape index (κ3) is 2.47. The molecular formula is C15H10N4O3. The van der Waals surface area contributed by atoms with Crippen molar-refractivity contribution in [2.24, 2.45) is 0 Å². The average molecular weight is 294 g/mol. The van der Waals surface area contributed by atoms with Crippen molar-refractivity contribution in [2.75, 3.05) is 0 Å². The van der Waals surface area contributed by atoms with Crippen LogP contribution in [0.15, 0.2) is 54.6 Å². The molecule has 0 amide bonds. The zero-order valence-corrected chi connectivity index (χ0v) is 11.3. The normalized spacial score (nSPS) is 10.4. The minimum absolute atomic E-state index is 0.0280. The summed E-state index contributed by atoms with van der Waals surface area (Å²) < 4.78 is 1.36. The van der Waals surface area contributed by atoms with Gasteiger partial charge in [-0.1, -0.05) is 30.3 Å². The van der Waals surface area contributed by atoms with Crippen molar-refractivity contribution in [1.82, 2.24) is 14.8 Å². The first-order valence-corrected chi connectivity index (χ1v) is 6.41. The van der Waals surface area contributed by atoms with Crippen LogP contribution in [0.4, 0.5) is 5.69 Å². The molecule has 0 spiro atoms. The number of hydrogen-bond donors (Lipinski definition) is 0. The monoisotopic (exact) mass is 294 g/mol. The van der Waals surface area contributed by atoms with E-state index >= 15 is 0 Å². The van der Waals surface area contributed by atoms with E-state index < -0.39 is 4.92 Å². The highest BCUT2D eigenvalue weighted by molar-refractivity contribution is 5.72. The van der Waals surface area contributed by atoms with Gasteiger partial charge in [-0.3, -0.25) is 14.9 Å². The molecule has 0 aliphatic carbocycles. The Bertz CT molecular complexity index is 826. The van der Waals surface area contributed by atoms with E-state index in [2.05, 4.69) is 10.1 Å². The Kier molecular flexibility index (Phi) is 3.45. The van der Waals surface area contributed by atoms with E-state index in [9.17, 15) is 14.9 Å². The van der Waals surface area contributed by atoms with E-state index in [0.29, 0.717) is 17.8 Å². The number of hydrogen-bond acceptors (Lipinski definition) is 5. The number of carbonyl (C=O) groups is 1. The van der Waals surface area contributed by atoms with Crippen LogP contribution in [-0.2, 0) is 0 Å². The van der Waals surface area contributed by atoms with Gasteiger partial charge in [-0.25, -0.2) is 9.67 Å². The molecule has 108 valence electrons. The van der Waals surface area contributed by atoms with Crippen molar-refractivity contribution in [3.63, 3.8) is 0 Å². The number of benzene rings is 2. The smallest absolute Gasteiger partial charge is 0.269 e. The third-order valence-electron chi connectivity index (χ3n) is 3.07. The van der Waals surface area contributed by atoms with Crippen LogP contribution < -0.4 is 0 Å². The summed E-state index contributed by atoms with van der Waals surface area (Å²) in [4.78, 5) is 25.6. The second kappa shape index (κ2) is 5.57. The van der Waals surface area contributed by atoms with E-state index in [0.717, 1.165) is 5.56 Å². The van der Waals surface area contributed by atoms with Crippen LogP contribution in [0.5, 0.6) is 0 Å². The Morgan fingerprint density at radius 3 is 2.32 bits per heavy atom. The predicted octanol–water partition coefficient (Wildman–Crippen LogP) is 2.66. The molecule has 0 unspecified atom stereocenters. The van der Waals surface area contributed by atoms with Crippen molar-refractivity contribution in [3.8, 4) is 17.1 Å². The summed E-state index contributed by atoms with van der Waals surface area (Å²) in [5.74, 6) is 0.550. The number of aldehydes is 1. The SMILES string of the molecule is O=Cc1nc(-c2ccccc2)nn1-c1ccc([N+](=O)[O-])cc1. The molecular weight excluding hydrogens is 284 g/mol. The second-order valence-electron chi connectivity index (χ2n) is 4.46. The molecule has 7 heteroatoms. The van der Waals surface area contributed by atoms with E-state index in [1.807, 2.05) is 30.3 Å². The van der Waals surface area contributed by atoms with Gasteiger partial charge in [-0.15, -0.1) is 5.10 Å². The lowest BCUT2D eigenvalue weighted by Crippen LogP contribution is -2.02. The third-order valence-corrected chi connectivity index (χ3v) is 3.07. The van der Waals surface area contributed by atoms with Gasteiger partial charge in [0.25, 0.3) is 5.69 Å². The molecule has 22 heavy (non-hydrogen) atoms. The largest absolute Gasteiger partial charge is 0.294 e. The average Bonchev–Trinajstić information content (AvgIpc) is 3.00. The van der Waals surface area contributed by atoms with Gasteiger partial charge in [0.15, 0.2) is 17.9 Å². The summed E-state index contributed by atoms with van der Waals surface area (Å²) in [6.07, 6.45) is 0.598. The van der Waals surface area contributed by atoms with E-state index in [1.165, 1.54) is 28.9 Å². The van der Waals surface area contributed by atoms with Crippen LogP contribution in [0.3, 0.4) is 0 Å². The van der Waals surface area contributed by atoms with Crippen molar-refractivity contribution in [2.45, 2.75) is 0 Å². The summed E-state index contributed by atoms with van der Waals surface area (Å²) in [6, 6.07) is 15.0. The highest BCUT2D eigenvalue weighted by Gasteiger charge is 2.13. The Morgan fingerprint density at radius 1 is 1.05 bits per heavy atom. The van der Waals surface area contributed by atoms with E-state index in [4.69, 9.17) is 0 Å². The summed E-state index contributed by atoms with van der Waals surface area (Å²) in [7, 11) is 0. The number of nitro benzene ring substituents is 1. The van der Waals surface area contributed by atoms with Gasteiger partial charge >= 0.3 is 0 Å². The van der Waals surface area contributed by atoms with Crippen molar-refractivity contribution >= 4 is 12.0 Å². The van der Waals surface area contributed by atoms with Crippen LogP contribution in [0.25, 0.3) is 17.1 Å². The highest BCUT2D eigenvalue weighted by Crippen LogP contribution is 2.19. The molecule has 0 N–H and O–H groups in total. The molecule has 2 aromatic carbocycles. The molecule has 0 radical (unpaired) electrons. The molecule has 0 saturated heterocycles. The fraction of sp³-hybridized carbons (Fsp3) is 0. The number of carbonyl (C=O) groups excluding carboxylic acids is 1. The zero-order valence-electron chi connectivity index (χ0n) is 11.3. The van der Waals surface area contributed by atoms with Crippen molar-refractivity contribution in [3.05, 3.63) is 70.5 Å². The first-order valence-electron chi connectivity index (χ1n) is 6.41. The van der Waals surface area contributed by atoms with Crippen LogP contribution in [0.1, 0.15) is 10.6 Å². The van der Waals surface area contributed by atoms with Gasteiger partial charge in [0.2, 0.25) is 0 Å². The fourth-order valence-electron chi connectivity index (χ4n) is 2.02. The first kappa shape index (κ1) is 13.6. The van der Waals surface area contributed by atoms with Gasteiger partial charge < -0.3 is 0 Å². The molecule has 3 aromatic rings. The Labute approximate surface area is 125 Å². The van der Waals surface area contributed by atoms with Gasteiger partial charge in [0.1, 0.15) is 0 Å². The summed E-state index contributed by atoms with van der Waals surface area (Å²) >= 11 is 0. The standard InChI is InChI=1S/C15H10N4O3/c20-10-14-16-15(11-4-2-1-3-5-11)17-18(14)12-6-8-13(9-7-12)19(21)22/h1-10H. The number of nitro groups is 1. The predicted molar refractivity (Wildman–Crippen MR) is 78.8 cm³/mol. The fourth-order valence-corrected chi connectivity index (χ4v) is 2.02. The summed E-state index contributed by atoms with van der Waals surface area (Å²) in [5, 5.41) is 15.0. The van der Waals surface area contributed by atoms with Gasteiger partial charge in [-0.2, -0.15) is 0 Å². The Balaban J connectivity index is 2.05. The lowest BCUT2D eigenvalue weighted by atomic mass is 10.2. The highest BCUT2D eigenvalue weighted by atomic mass is 16.6. The second-order valence-corrected chi connectivity index (χ2v) is 4.46. The molecule has 1 heterocycles. The molecule has 3 rings (SSSR count). The molecule has 0 aliphatic heterocycles. The zero-order chi connectivity index (χ0) is 15.5. The molecule has 1 aromatic heterocycles. The van der Waals surface area contributed by atoms with E-state index in [1.54, 1.807) is 0 Å². The molecule has 0 fully saturated rings. The number of non-ortho nitro benzene ring substituents is 1. The van der Waals surface area contributed by atoms with Crippen LogP contribution in [0, 0.1) is 10.1 Å². The van der Waals surface area contributed by atoms with Crippen molar-refractivity contribution in [1.29, 1.82) is 0 Å². The van der Waals surface area contributed by atoms with Crippen molar-refractivity contribution < 1.29 is 9.72 Å². The molecule has 0 atom stereocenters. The van der Waals surface area contributed by atoms with E-state index in [-0.39, 0.29) is 11.5 Å². The quantitative estimate of drug-likeness (QED) is 0.419. The molecule has 0 saturated carbocycles. The topological polar surface area (TPSA) is 90.9 Å².